The van der Waals surface area contributed by atoms with E-state index in [1.165, 1.54) is 10.6 Å². The SMILES string of the molecule is CS(=O)(=O)N1CC2(C1)OCC[C@H]2CCOCc1ccccn1. The van der Waals surface area contributed by atoms with E-state index in [2.05, 4.69) is 4.98 Å². The molecule has 0 amide bonds. The third-order valence-corrected chi connectivity index (χ3v) is 5.74. The van der Waals surface area contributed by atoms with Crippen molar-refractivity contribution >= 4 is 10.0 Å². The standard InChI is InChI=1S/C15H22N2O4S/c1-22(18,19)17-11-15(12-17)13(6-9-21-15)5-8-20-10-14-4-2-3-7-16-14/h2-4,7,13H,5-6,8-12H2,1H3/t13-/m1/s1. The van der Waals surface area contributed by atoms with Crippen LogP contribution in [-0.4, -0.2) is 55.9 Å². The number of hydrogen-bond acceptors (Lipinski definition) is 5. The van der Waals surface area contributed by atoms with Crippen molar-refractivity contribution in [3.05, 3.63) is 30.1 Å². The largest absolute Gasteiger partial charge is 0.375 e. The van der Waals surface area contributed by atoms with Crippen molar-refractivity contribution < 1.29 is 17.9 Å². The molecule has 6 nitrogen and oxygen atoms in total. The molecule has 3 heterocycles. The molecule has 1 aromatic heterocycles. The Labute approximate surface area is 131 Å². The van der Waals surface area contributed by atoms with Gasteiger partial charge in [0.2, 0.25) is 10.0 Å². The summed E-state index contributed by atoms with van der Waals surface area (Å²) < 4.78 is 36.1. The molecular weight excluding hydrogens is 304 g/mol. The Hall–Kier alpha value is -1.02. The van der Waals surface area contributed by atoms with Crippen molar-refractivity contribution in [1.29, 1.82) is 0 Å². The minimum Gasteiger partial charge on any atom is -0.375 e. The molecule has 122 valence electrons. The lowest BCUT2D eigenvalue weighted by Crippen LogP contribution is -2.65. The zero-order valence-electron chi connectivity index (χ0n) is 12.8. The molecule has 2 aliphatic heterocycles. The Kier molecular flexibility index (Phi) is 4.49. The van der Waals surface area contributed by atoms with Crippen LogP contribution in [-0.2, 0) is 26.1 Å². The van der Waals surface area contributed by atoms with Gasteiger partial charge in [-0.15, -0.1) is 0 Å². The van der Waals surface area contributed by atoms with Crippen molar-refractivity contribution in [1.82, 2.24) is 9.29 Å². The summed E-state index contributed by atoms with van der Waals surface area (Å²) in [5.74, 6) is 0.370. The predicted octanol–water partition coefficient (Wildman–Crippen LogP) is 1.04. The number of ether oxygens (including phenoxy) is 2. The molecule has 22 heavy (non-hydrogen) atoms. The Morgan fingerprint density at radius 3 is 2.95 bits per heavy atom. The van der Waals surface area contributed by atoms with Crippen molar-refractivity contribution in [3.63, 3.8) is 0 Å². The molecule has 1 spiro atoms. The molecule has 0 radical (unpaired) electrons. The van der Waals surface area contributed by atoms with Crippen LogP contribution in [0, 0.1) is 5.92 Å². The zero-order chi connectivity index (χ0) is 15.6. The highest BCUT2D eigenvalue weighted by atomic mass is 32.2. The second kappa shape index (κ2) is 6.23. The fourth-order valence-corrected chi connectivity index (χ4v) is 4.12. The van der Waals surface area contributed by atoms with Crippen LogP contribution in [0.4, 0.5) is 0 Å². The minimum atomic E-state index is -3.10. The second-order valence-corrected chi connectivity index (χ2v) is 8.07. The quantitative estimate of drug-likeness (QED) is 0.731. The van der Waals surface area contributed by atoms with Gasteiger partial charge in [-0.25, -0.2) is 8.42 Å². The Bertz CT molecular complexity index is 599. The zero-order valence-corrected chi connectivity index (χ0v) is 13.6. The van der Waals surface area contributed by atoms with E-state index in [9.17, 15) is 8.42 Å². The topological polar surface area (TPSA) is 68.7 Å². The highest BCUT2D eigenvalue weighted by molar-refractivity contribution is 7.88. The van der Waals surface area contributed by atoms with Gasteiger partial charge in [0, 0.05) is 32.5 Å². The minimum absolute atomic E-state index is 0.280. The fourth-order valence-electron chi connectivity index (χ4n) is 3.21. The smallest absolute Gasteiger partial charge is 0.211 e. The maximum Gasteiger partial charge on any atom is 0.211 e. The van der Waals surface area contributed by atoms with Gasteiger partial charge in [-0.3, -0.25) is 4.98 Å². The molecular formula is C15H22N2O4S. The summed E-state index contributed by atoms with van der Waals surface area (Å²) in [4.78, 5) is 4.22. The van der Waals surface area contributed by atoms with E-state index in [-0.39, 0.29) is 5.60 Å². The fraction of sp³-hybridized carbons (Fsp3) is 0.667. The Morgan fingerprint density at radius 2 is 2.27 bits per heavy atom. The van der Waals surface area contributed by atoms with Gasteiger partial charge in [0.05, 0.1) is 24.2 Å². The first-order chi connectivity index (χ1) is 10.5. The summed E-state index contributed by atoms with van der Waals surface area (Å²) in [7, 11) is -3.10. The lowest BCUT2D eigenvalue weighted by molar-refractivity contribution is -0.105. The summed E-state index contributed by atoms with van der Waals surface area (Å²) in [5, 5.41) is 0. The molecule has 0 aromatic carbocycles. The van der Waals surface area contributed by atoms with Crippen molar-refractivity contribution in [3.8, 4) is 0 Å². The number of aromatic nitrogens is 1. The van der Waals surface area contributed by atoms with Gasteiger partial charge < -0.3 is 9.47 Å². The highest BCUT2D eigenvalue weighted by Gasteiger charge is 2.55. The molecule has 0 saturated carbocycles. The number of sulfonamides is 1. The van der Waals surface area contributed by atoms with Gasteiger partial charge in [0.1, 0.15) is 0 Å². The van der Waals surface area contributed by atoms with E-state index in [0.29, 0.717) is 38.8 Å². The van der Waals surface area contributed by atoms with Crippen LogP contribution in [0.25, 0.3) is 0 Å². The summed E-state index contributed by atoms with van der Waals surface area (Å²) in [6.07, 6.45) is 4.88. The molecule has 7 heteroatoms. The van der Waals surface area contributed by atoms with E-state index in [4.69, 9.17) is 9.47 Å². The van der Waals surface area contributed by atoms with Crippen molar-refractivity contribution in [2.75, 3.05) is 32.6 Å². The summed E-state index contributed by atoms with van der Waals surface area (Å²) >= 11 is 0. The molecule has 0 bridgehead atoms. The first kappa shape index (κ1) is 15.9. The maximum atomic E-state index is 11.5. The van der Waals surface area contributed by atoms with Gasteiger partial charge >= 0.3 is 0 Å². The van der Waals surface area contributed by atoms with E-state index in [0.717, 1.165) is 18.5 Å². The Balaban J connectivity index is 1.45. The number of nitrogens with zero attached hydrogens (tertiary/aromatic N) is 2. The molecule has 1 atom stereocenters. The summed E-state index contributed by atoms with van der Waals surface area (Å²) in [5.41, 5.74) is 0.643. The van der Waals surface area contributed by atoms with Crippen molar-refractivity contribution in [2.24, 2.45) is 5.92 Å². The van der Waals surface area contributed by atoms with Crippen LogP contribution >= 0.6 is 0 Å². The van der Waals surface area contributed by atoms with E-state index in [1.54, 1.807) is 6.20 Å². The lowest BCUT2D eigenvalue weighted by atomic mass is 9.80. The molecule has 0 N–H and O–H groups in total. The molecule has 3 rings (SSSR count). The maximum absolute atomic E-state index is 11.5. The summed E-state index contributed by atoms with van der Waals surface area (Å²) in [6, 6.07) is 5.77. The van der Waals surface area contributed by atoms with Crippen LogP contribution in [0.3, 0.4) is 0 Å². The number of pyridine rings is 1. The van der Waals surface area contributed by atoms with E-state index in [1.807, 2.05) is 18.2 Å². The molecule has 0 aliphatic carbocycles. The monoisotopic (exact) mass is 326 g/mol. The van der Waals surface area contributed by atoms with Gasteiger partial charge in [0.15, 0.2) is 0 Å². The van der Waals surface area contributed by atoms with Gasteiger partial charge in [0.25, 0.3) is 0 Å². The lowest BCUT2D eigenvalue weighted by Gasteiger charge is -2.48. The Morgan fingerprint density at radius 1 is 1.45 bits per heavy atom. The first-order valence-electron chi connectivity index (χ1n) is 7.56. The van der Waals surface area contributed by atoms with E-state index < -0.39 is 10.0 Å². The van der Waals surface area contributed by atoms with Crippen LogP contribution in [0.1, 0.15) is 18.5 Å². The molecule has 2 fully saturated rings. The van der Waals surface area contributed by atoms with Crippen molar-refractivity contribution in [2.45, 2.75) is 25.0 Å². The van der Waals surface area contributed by atoms with E-state index >= 15 is 0 Å². The average molecular weight is 326 g/mol. The third-order valence-electron chi connectivity index (χ3n) is 4.54. The molecule has 1 aromatic rings. The van der Waals surface area contributed by atoms with Crippen LogP contribution in [0.2, 0.25) is 0 Å². The average Bonchev–Trinajstić information content (AvgIpc) is 2.86. The predicted molar refractivity (Wildman–Crippen MR) is 81.7 cm³/mol. The number of rotatable bonds is 6. The third kappa shape index (κ3) is 3.32. The first-order valence-corrected chi connectivity index (χ1v) is 9.41. The highest BCUT2D eigenvalue weighted by Crippen LogP contribution is 2.42. The molecule has 0 unspecified atom stereocenters. The van der Waals surface area contributed by atoms with Crippen LogP contribution in [0.15, 0.2) is 24.4 Å². The number of hydrogen-bond donors (Lipinski definition) is 0. The summed E-state index contributed by atoms with van der Waals surface area (Å²) in [6.45, 7) is 2.83. The van der Waals surface area contributed by atoms with Crippen LogP contribution < -0.4 is 0 Å². The van der Waals surface area contributed by atoms with Crippen LogP contribution in [0.5, 0.6) is 0 Å². The van der Waals surface area contributed by atoms with Gasteiger partial charge in [-0.1, -0.05) is 6.07 Å². The normalized spacial score (nSPS) is 24.5. The molecule has 2 aliphatic rings. The van der Waals surface area contributed by atoms with Gasteiger partial charge in [-0.2, -0.15) is 4.31 Å². The van der Waals surface area contributed by atoms with Gasteiger partial charge in [-0.05, 0) is 30.9 Å². The molecule has 2 saturated heterocycles. The second-order valence-electron chi connectivity index (χ2n) is 6.09.